The molecule has 2 aromatic heterocycles. The third-order valence-electron chi connectivity index (χ3n) is 5.83. The first-order valence-electron chi connectivity index (χ1n) is 10.7. The Labute approximate surface area is 186 Å². The summed E-state index contributed by atoms with van der Waals surface area (Å²) >= 11 is 0. The third kappa shape index (κ3) is 4.16. The fourth-order valence-electron chi connectivity index (χ4n) is 4.05. The molecule has 0 unspecified atom stereocenters. The van der Waals surface area contributed by atoms with Gasteiger partial charge in [0.25, 0.3) is 0 Å². The zero-order chi connectivity index (χ0) is 22.0. The molecule has 2 aromatic carbocycles. The number of anilines is 2. The first kappa shape index (κ1) is 20.1. The van der Waals surface area contributed by atoms with Crippen LogP contribution in [0, 0.1) is 11.8 Å². The van der Waals surface area contributed by atoms with Crippen molar-refractivity contribution in [2.75, 3.05) is 12.4 Å². The molecule has 0 radical (unpaired) electrons. The molecule has 6 heteroatoms. The second kappa shape index (κ2) is 8.37. The van der Waals surface area contributed by atoms with Gasteiger partial charge in [-0.2, -0.15) is 0 Å². The summed E-state index contributed by atoms with van der Waals surface area (Å²) in [6.07, 6.45) is 7.12. The third-order valence-corrected chi connectivity index (χ3v) is 5.83. The maximum Gasteiger partial charge on any atom is 0.142 e. The second-order valence-electron chi connectivity index (χ2n) is 8.06. The predicted molar refractivity (Wildman–Crippen MR) is 125 cm³/mol. The lowest BCUT2D eigenvalue weighted by Crippen LogP contribution is -2.20. The van der Waals surface area contributed by atoms with Crippen molar-refractivity contribution in [1.29, 1.82) is 0 Å². The van der Waals surface area contributed by atoms with E-state index in [0.717, 1.165) is 59.4 Å². The van der Waals surface area contributed by atoms with Crippen LogP contribution < -0.4 is 10.1 Å². The molecule has 32 heavy (non-hydrogen) atoms. The number of rotatable bonds is 4. The Balaban J connectivity index is 1.44. The average molecular weight is 425 g/mol. The van der Waals surface area contributed by atoms with Crippen LogP contribution in [0.4, 0.5) is 11.5 Å². The molecule has 1 saturated carbocycles. The summed E-state index contributed by atoms with van der Waals surface area (Å²) in [5.74, 6) is 8.51. The molecule has 0 atom stereocenters. The number of hydrogen-bond donors (Lipinski definition) is 2. The van der Waals surface area contributed by atoms with E-state index in [9.17, 15) is 5.11 Å². The van der Waals surface area contributed by atoms with E-state index in [1.165, 1.54) is 0 Å². The fourth-order valence-corrected chi connectivity index (χ4v) is 4.05. The predicted octanol–water partition coefficient (Wildman–Crippen LogP) is 4.83. The summed E-state index contributed by atoms with van der Waals surface area (Å²) in [6, 6.07) is 17.7. The summed E-state index contributed by atoms with van der Waals surface area (Å²) in [5.41, 5.74) is 1.95. The molecule has 160 valence electrons. The molecule has 0 aliphatic heterocycles. The average Bonchev–Trinajstić information content (AvgIpc) is 3.45. The van der Waals surface area contributed by atoms with E-state index in [4.69, 9.17) is 4.74 Å². The van der Waals surface area contributed by atoms with Gasteiger partial charge in [-0.25, -0.2) is 9.97 Å². The number of aromatic nitrogens is 3. The molecule has 1 fully saturated rings. The van der Waals surface area contributed by atoms with Crippen molar-refractivity contribution >= 4 is 22.4 Å². The standard InChI is InChI=1S/C26H24N4O2/c1-32-22-8-6-21(7-9-22)29-24-17-25(28-18-27-24)30-15-11-20-5-4-19(16-23(20)30)10-14-26(31)12-2-3-13-26/h4-9,11,15-18,31H,2-3,12-13H2,1H3,(H,27,28,29). The molecule has 2 heterocycles. The second-order valence-corrected chi connectivity index (χ2v) is 8.06. The van der Waals surface area contributed by atoms with Gasteiger partial charge in [-0.1, -0.05) is 17.9 Å². The number of benzene rings is 2. The summed E-state index contributed by atoms with van der Waals surface area (Å²) in [5, 5.41) is 14.9. The Morgan fingerprint density at radius 1 is 1.03 bits per heavy atom. The van der Waals surface area contributed by atoms with E-state index in [1.807, 2.05) is 59.3 Å². The Morgan fingerprint density at radius 2 is 1.84 bits per heavy atom. The molecule has 0 saturated heterocycles. The van der Waals surface area contributed by atoms with Crippen molar-refractivity contribution in [2.45, 2.75) is 31.3 Å². The van der Waals surface area contributed by atoms with Crippen LogP contribution in [-0.2, 0) is 0 Å². The van der Waals surface area contributed by atoms with Crippen LogP contribution in [-0.4, -0.2) is 32.4 Å². The number of nitrogens with one attached hydrogen (secondary N) is 1. The van der Waals surface area contributed by atoms with Gasteiger partial charge < -0.3 is 19.7 Å². The lowest BCUT2D eigenvalue weighted by atomic mass is 10.0. The summed E-state index contributed by atoms with van der Waals surface area (Å²) in [4.78, 5) is 8.82. The van der Waals surface area contributed by atoms with Crippen molar-refractivity contribution in [1.82, 2.24) is 14.5 Å². The van der Waals surface area contributed by atoms with E-state index in [1.54, 1.807) is 13.4 Å². The lowest BCUT2D eigenvalue weighted by molar-refractivity contribution is 0.110. The highest BCUT2D eigenvalue weighted by Crippen LogP contribution is 2.29. The minimum atomic E-state index is -0.842. The quantitative estimate of drug-likeness (QED) is 0.459. The number of aliphatic hydroxyl groups is 1. The van der Waals surface area contributed by atoms with Crippen LogP contribution in [0.3, 0.4) is 0 Å². The topological polar surface area (TPSA) is 72.2 Å². The van der Waals surface area contributed by atoms with Crippen LogP contribution >= 0.6 is 0 Å². The molecular weight excluding hydrogens is 400 g/mol. The van der Waals surface area contributed by atoms with E-state index in [0.29, 0.717) is 5.82 Å². The fraction of sp³-hybridized carbons (Fsp3) is 0.231. The Morgan fingerprint density at radius 3 is 2.62 bits per heavy atom. The van der Waals surface area contributed by atoms with Gasteiger partial charge >= 0.3 is 0 Å². The first-order valence-corrected chi connectivity index (χ1v) is 10.7. The van der Waals surface area contributed by atoms with Crippen molar-refractivity contribution < 1.29 is 9.84 Å². The highest BCUT2D eigenvalue weighted by atomic mass is 16.5. The molecule has 1 aliphatic carbocycles. The molecule has 5 rings (SSSR count). The van der Waals surface area contributed by atoms with E-state index in [2.05, 4.69) is 33.2 Å². The number of nitrogens with zero attached hydrogens (tertiary/aromatic N) is 3. The number of methoxy groups -OCH3 is 1. The largest absolute Gasteiger partial charge is 0.497 e. The minimum Gasteiger partial charge on any atom is -0.497 e. The maximum absolute atomic E-state index is 10.5. The Kier molecular flexibility index (Phi) is 5.26. The molecule has 0 amide bonds. The normalized spacial score (nSPS) is 14.7. The SMILES string of the molecule is COc1ccc(Nc2cc(-n3ccc4ccc(C#CC5(O)CCCC5)cc43)ncn2)cc1. The molecule has 0 bridgehead atoms. The van der Waals surface area contributed by atoms with Crippen molar-refractivity contribution in [3.05, 3.63) is 72.7 Å². The molecule has 4 aromatic rings. The molecule has 2 N–H and O–H groups in total. The zero-order valence-electron chi connectivity index (χ0n) is 17.9. The van der Waals surface area contributed by atoms with E-state index < -0.39 is 5.60 Å². The Hall–Kier alpha value is -3.82. The van der Waals surface area contributed by atoms with E-state index in [-0.39, 0.29) is 0 Å². The number of hydrogen-bond acceptors (Lipinski definition) is 5. The van der Waals surface area contributed by atoms with Gasteiger partial charge in [-0.05, 0) is 68.1 Å². The first-order chi connectivity index (χ1) is 15.6. The summed E-state index contributed by atoms with van der Waals surface area (Å²) < 4.78 is 7.23. The van der Waals surface area contributed by atoms with Gasteiger partial charge in [0.05, 0.1) is 12.6 Å². The van der Waals surface area contributed by atoms with Gasteiger partial charge in [-0.15, -0.1) is 0 Å². The molecule has 6 nitrogen and oxygen atoms in total. The molecule has 0 spiro atoms. The van der Waals surface area contributed by atoms with Gasteiger partial charge in [-0.3, -0.25) is 0 Å². The van der Waals surface area contributed by atoms with Gasteiger partial charge in [0, 0.05) is 28.9 Å². The lowest BCUT2D eigenvalue weighted by Gasteiger charge is -2.12. The number of fused-ring (bicyclic) bond motifs is 1. The zero-order valence-corrected chi connectivity index (χ0v) is 17.9. The highest BCUT2D eigenvalue weighted by Gasteiger charge is 2.28. The molecular formula is C26H24N4O2. The van der Waals surface area contributed by atoms with Crippen molar-refractivity contribution in [3.8, 4) is 23.4 Å². The van der Waals surface area contributed by atoms with Crippen LogP contribution in [0.5, 0.6) is 5.75 Å². The van der Waals surface area contributed by atoms with Gasteiger partial charge in [0.1, 0.15) is 29.3 Å². The van der Waals surface area contributed by atoms with Crippen LogP contribution in [0.1, 0.15) is 31.2 Å². The smallest absolute Gasteiger partial charge is 0.142 e. The van der Waals surface area contributed by atoms with Crippen molar-refractivity contribution in [3.63, 3.8) is 0 Å². The summed E-state index contributed by atoms with van der Waals surface area (Å²) in [6.45, 7) is 0. The summed E-state index contributed by atoms with van der Waals surface area (Å²) in [7, 11) is 1.65. The van der Waals surface area contributed by atoms with Gasteiger partial charge in [0.2, 0.25) is 0 Å². The van der Waals surface area contributed by atoms with Gasteiger partial charge in [0.15, 0.2) is 0 Å². The number of ether oxygens (including phenoxy) is 1. The van der Waals surface area contributed by atoms with Crippen LogP contribution in [0.2, 0.25) is 0 Å². The Bertz CT molecular complexity index is 1310. The van der Waals surface area contributed by atoms with E-state index >= 15 is 0 Å². The maximum atomic E-state index is 10.5. The van der Waals surface area contributed by atoms with Crippen LogP contribution in [0.25, 0.3) is 16.7 Å². The monoisotopic (exact) mass is 424 g/mol. The minimum absolute atomic E-state index is 0.696. The molecule has 1 aliphatic rings. The van der Waals surface area contributed by atoms with Crippen molar-refractivity contribution in [2.24, 2.45) is 0 Å². The van der Waals surface area contributed by atoms with Crippen LogP contribution in [0.15, 0.2) is 67.1 Å². The highest BCUT2D eigenvalue weighted by molar-refractivity contribution is 5.83.